The Kier molecular flexibility index (Phi) is 4.51. The highest BCUT2D eigenvalue weighted by atomic mass is 32.2. The van der Waals surface area contributed by atoms with Crippen LogP contribution in [0.1, 0.15) is 35.6 Å². The lowest BCUT2D eigenvalue weighted by atomic mass is 10.1. The zero-order chi connectivity index (χ0) is 15.6. The molecule has 5 nitrogen and oxygen atoms in total. The van der Waals surface area contributed by atoms with Crippen LogP contribution in [0.15, 0.2) is 39.6 Å². The highest BCUT2D eigenvalue weighted by Gasteiger charge is 2.20. The molecule has 0 radical (unpaired) electrons. The lowest BCUT2D eigenvalue weighted by Crippen LogP contribution is -2.26. The molecule has 1 aromatic carbocycles. The van der Waals surface area contributed by atoms with E-state index < -0.39 is 16.1 Å². The predicted octanol–water partition coefficient (Wildman–Crippen LogP) is 2.43. The van der Waals surface area contributed by atoms with Crippen molar-refractivity contribution in [1.29, 1.82) is 0 Å². The van der Waals surface area contributed by atoms with Gasteiger partial charge >= 0.3 is 0 Å². The number of furan rings is 1. The normalized spacial score (nSPS) is 13.3. The maximum absolute atomic E-state index is 12.4. The number of sulfonamides is 1. The van der Waals surface area contributed by atoms with Crippen LogP contribution in [0.25, 0.3) is 0 Å². The van der Waals surface area contributed by atoms with Crippen LogP contribution >= 0.6 is 0 Å². The molecule has 21 heavy (non-hydrogen) atoms. The van der Waals surface area contributed by atoms with Gasteiger partial charge in [-0.25, -0.2) is 13.1 Å². The minimum absolute atomic E-state index is 0.132. The molecule has 2 rings (SSSR count). The molecule has 0 bridgehead atoms. The van der Waals surface area contributed by atoms with Crippen molar-refractivity contribution in [3.63, 3.8) is 0 Å². The summed E-state index contributed by atoms with van der Waals surface area (Å²) >= 11 is 0. The van der Waals surface area contributed by atoms with Gasteiger partial charge in [0.1, 0.15) is 11.5 Å². The predicted molar refractivity (Wildman–Crippen MR) is 79.3 cm³/mol. The Bertz CT molecular complexity index is 734. The summed E-state index contributed by atoms with van der Waals surface area (Å²) in [7, 11) is -3.67. The Balaban J connectivity index is 2.26. The van der Waals surface area contributed by atoms with Crippen LogP contribution < -0.4 is 4.72 Å². The zero-order valence-corrected chi connectivity index (χ0v) is 13.1. The number of nitrogens with one attached hydrogen (secondary N) is 1. The van der Waals surface area contributed by atoms with E-state index in [4.69, 9.17) is 4.42 Å². The van der Waals surface area contributed by atoms with Crippen LogP contribution in [0, 0.1) is 13.8 Å². The molecule has 0 aliphatic heterocycles. The van der Waals surface area contributed by atoms with Gasteiger partial charge in [0.05, 0.1) is 17.5 Å². The molecule has 0 aliphatic rings. The molecule has 0 saturated heterocycles. The molecule has 2 aromatic rings. The Morgan fingerprint density at radius 2 is 1.95 bits per heavy atom. The fraction of sp³-hybridized carbons (Fsp3) is 0.333. The Labute approximate surface area is 124 Å². The topological polar surface area (TPSA) is 79.5 Å². The van der Waals surface area contributed by atoms with Gasteiger partial charge in [-0.2, -0.15) is 0 Å². The van der Waals surface area contributed by atoms with Gasteiger partial charge in [-0.05, 0) is 56.2 Å². The zero-order valence-electron chi connectivity index (χ0n) is 12.3. The van der Waals surface area contributed by atoms with E-state index in [-0.39, 0.29) is 11.5 Å². The molecule has 2 N–H and O–H groups in total. The van der Waals surface area contributed by atoms with Crippen molar-refractivity contribution in [1.82, 2.24) is 4.72 Å². The highest BCUT2D eigenvalue weighted by Crippen LogP contribution is 2.20. The van der Waals surface area contributed by atoms with Crippen molar-refractivity contribution in [3.8, 4) is 0 Å². The first kappa shape index (κ1) is 15.8. The molecule has 1 aromatic heterocycles. The maximum Gasteiger partial charge on any atom is 0.241 e. The van der Waals surface area contributed by atoms with Crippen molar-refractivity contribution >= 4 is 10.0 Å². The fourth-order valence-electron chi connectivity index (χ4n) is 2.03. The molecule has 0 fully saturated rings. The second kappa shape index (κ2) is 6.01. The Morgan fingerprint density at radius 1 is 1.24 bits per heavy atom. The second-order valence-corrected chi connectivity index (χ2v) is 6.75. The van der Waals surface area contributed by atoms with E-state index in [2.05, 4.69) is 4.72 Å². The van der Waals surface area contributed by atoms with Crippen LogP contribution in [-0.4, -0.2) is 13.5 Å². The van der Waals surface area contributed by atoms with E-state index in [0.29, 0.717) is 11.3 Å². The maximum atomic E-state index is 12.4. The molecular formula is C15H19NO4S. The van der Waals surface area contributed by atoms with Crippen molar-refractivity contribution in [2.45, 2.75) is 38.3 Å². The smallest absolute Gasteiger partial charge is 0.241 e. The van der Waals surface area contributed by atoms with Gasteiger partial charge in [-0.3, -0.25) is 0 Å². The van der Waals surface area contributed by atoms with Crippen molar-refractivity contribution in [3.05, 3.63) is 53.0 Å². The largest absolute Gasteiger partial charge is 0.465 e. The average Bonchev–Trinajstić information content (AvgIpc) is 2.85. The first-order chi connectivity index (χ1) is 9.83. The number of benzene rings is 1. The van der Waals surface area contributed by atoms with E-state index in [1.54, 1.807) is 32.0 Å². The van der Waals surface area contributed by atoms with E-state index >= 15 is 0 Å². The lowest BCUT2D eigenvalue weighted by molar-refractivity contribution is 0.280. The second-order valence-electron chi connectivity index (χ2n) is 5.04. The summed E-state index contributed by atoms with van der Waals surface area (Å²) in [6.45, 7) is 5.15. The third kappa shape index (κ3) is 3.53. The summed E-state index contributed by atoms with van der Waals surface area (Å²) in [5.74, 6) is 1.29. The third-order valence-corrected chi connectivity index (χ3v) is 4.86. The van der Waals surface area contributed by atoms with E-state index in [9.17, 15) is 13.5 Å². The molecule has 0 saturated carbocycles. The van der Waals surface area contributed by atoms with Gasteiger partial charge in [0.15, 0.2) is 0 Å². The van der Waals surface area contributed by atoms with Crippen molar-refractivity contribution in [2.24, 2.45) is 0 Å². The van der Waals surface area contributed by atoms with Crippen molar-refractivity contribution < 1.29 is 17.9 Å². The summed E-state index contributed by atoms with van der Waals surface area (Å²) in [6, 6.07) is 7.76. The molecule has 0 amide bonds. The van der Waals surface area contributed by atoms with Gasteiger partial charge in [0.25, 0.3) is 0 Å². The fourth-order valence-corrected chi connectivity index (χ4v) is 3.29. The minimum atomic E-state index is -3.67. The highest BCUT2D eigenvalue weighted by molar-refractivity contribution is 7.89. The number of hydrogen-bond acceptors (Lipinski definition) is 4. The number of aryl methyl sites for hydroxylation is 2. The van der Waals surface area contributed by atoms with Crippen LogP contribution in [0.4, 0.5) is 0 Å². The number of rotatable bonds is 5. The average molecular weight is 309 g/mol. The number of hydrogen-bond donors (Lipinski definition) is 2. The van der Waals surface area contributed by atoms with Crippen LogP contribution in [-0.2, 0) is 16.6 Å². The Hall–Kier alpha value is -1.63. The summed E-state index contributed by atoms with van der Waals surface area (Å²) in [4.78, 5) is 0.132. The quantitative estimate of drug-likeness (QED) is 0.889. The molecule has 1 heterocycles. The van der Waals surface area contributed by atoms with E-state index in [1.165, 1.54) is 12.1 Å². The van der Waals surface area contributed by atoms with Gasteiger partial charge in [0, 0.05) is 0 Å². The van der Waals surface area contributed by atoms with Crippen molar-refractivity contribution in [2.75, 3.05) is 0 Å². The van der Waals surface area contributed by atoms with E-state index in [1.807, 2.05) is 6.92 Å². The first-order valence-electron chi connectivity index (χ1n) is 6.62. The summed E-state index contributed by atoms with van der Waals surface area (Å²) in [5, 5.41) is 9.24. The molecule has 114 valence electrons. The molecule has 6 heteroatoms. The minimum Gasteiger partial charge on any atom is -0.465 e. The number of aliphatic hydroxyl groups is 1. The standard InChI is InChI=1S/C15H19NO4S/c1-10-4-6-14(8-13(10)9-17)21(18,19)16-12(3)15-7-5-11(2)20-15/h4-8,12,16-17H,9H2,1-3H3. The summed E-state index contributed by atoms with van der Waals surface area (Å²) in [5.41, 5.74) is 1.45. The lowest BCUT2D eigenvalue weighted by Gasteiger charge is -2.13. The van der Waals surface area contributed by atoms with Gasteiger partial charge in [-0.15, -0.1) is 0 Å². The SMILES string of the molecule is Cc1ccc(C(C)NS(=O)(=O)c2ccc(C)c(CO)c2)o1. The Morgan fingerprint density at radius 3 is 2.52 bits per heavy atom. The first-order valence-corrected chi connectivity index (χ1v) is 8.11. The van der Waals surface area contributed by atoms with Gasteiger partial charge in [-0.1, -0.05) is 6.07 Å². The molecule has 0 aliphatic carbocycles. The summed E-state index contributed by atoms with van der Waals surface area (Å²) < 4.78 is 32.7. The third-order valence-electron chi connectivity index (χ3n) is 3.32. The molecular weight excluding hydrogens is 290 g/mol. The molecule has 1 unspecified atom stereocenters. The number of aliphatic hydroxyl groups excluding tert-OH is 1. The van der Waals surface area contributed by atoms with Gasteiger partial charge in [0.2, 0.25) is 10.0 Å². The van der Waals surface area contributed by atoms with Crippen LogP contribution in [0.5, 0.6) is 0 Å². The van der Waals surface area contributed by atoms with Crippen LogP contribution in [0.3, 0.4) is 0 Å². The molecule has 1 atom stereocenters. The summed E-state index contributed by atoms with van der Waals surface area (Å²) in [6.07, 6.45) is 0. The van der Waals surface area contributed by atoms with E-state index in [0.717, 1.165) is 11.3 Å². The van der Waals surface area contributed by atoms with Crippen LogP contribution in [0.2, 0.25) is 0 Å². The van der Waals surface area contributed by atoms with Gasteiger partial charge < -0.3 is 9.52 Å². The molecule has 0 spiro atoms. The monoisotopic (exact) mass is 309 g/mol.